The monoisotopic (exact) mass is 430 g/mol. The van der Waals surface area contributed by atoms with E-state index in [1.165, 1.54) is 27.2 Å². The Labute approximate surface area is 172 Å². The molecule has 1 aliphatic carbocycles. The van der Waals surface area contributed by atoms with E-state index < -0.39 is 15.8 Å². The molecule has 1 fully saturated rings. The predicted octanol–water partition coefficient (Wildman–Crippen LogP) is 1.41. The number of aromatic amines is 1. The lowest BCUT2D eigenvalue weighted by Gasteiger charge is -2.25. The van der Waals surface area contributed by atoms with E-state index in [0.29, 0.717) is 30.5 Å². The lowest BCUT2D eigenvalue weighted by molar-refractivity contribution is 0.333. The Morgan fingerprint density at radius 1 is 1.13 bits per heavy atom. The molecule has 0 amide bonds. The molecule has 1 saturated heterocycles. The van der Waals surface area contributed by atoms with Crippen LogP contribution in [0.4, 0.5) is 0 Å². The Balaban J connectivity index is 1.45. The van der Waals surface area contributed by atoms with E-state index in [1.807, 2.05) is 0 Å². The summed E-state index contributed by atoms with van der Waals surface area (Å²) in [7, 11) is -3.79. The van der Waals surface area contributed by atoms with Gasteiger partial charge in [0.2, 0.25) is 10.0 Å². The normalized spacial score (nSPS) is 19.9. The van der Waals surface area contributed by atoms with E-state index in [9.17, 15) is 18.0 Å². The number of aryl methyl sites for hydroxylation is 2. The van der Waals surface area contributed by atoms with E-state index in [-0.39, 0.29) is 23.0 Å². The second-order valence-corrected chi connectivity index (χ2v) is 9.82. The summed E-state index contributed by atoms with van der Waals surface area (Å²) < 4.78 is 34.4. The van der Waals surface area contributed by atoms with Crippen molar-refractivity contribution in [2.75, 3.05) is 6.54 Å². The molecule has 1 atom stereocenters. The first-order chi connectivity index (χ1) is 14.4. The molecule has 0 spiro atoms. The van der Waals surface area contributed by atoms with Crippen molar-refractivity contribution < 1.29 is 12.8 Å². The van der Waals surface area contributed by atoms with Crippen LogP contribution in [-0.4, -0.2) is 40.1 Å². The lowest BCUT2D eigenvalue weighted by Crippen LogP contribution is -2.41. The van der Waals surface area contributed by atoms with Crippen molar-refractivity contribution in [1.29, 1.82) is 0 Å². The minimum absolute atomic E-state index is 0.0877. The predicted molar refractivity (Wildman–Crippen MR) is 109 cm³/mol. The van der Waals surface area contributed by atoms with E-state index in [4.69, 9.17) is 4.42 Å². The zero-order valence-corrected chi connectivity index (χ0v) is 17.2. The van der Waals surface area contributed by atoms with Gasteiger partial charge in [0.05, 0.1) is 22.7 Å². The standard InChI is InChI=1S/C20H22N4O5S/c25-19-10-13-4-1-2-6-16(13)22-23(19)12-14-5-3-9-24(14)30(27,28)15-7-8-18-17(11-15)21-20(26)29-18/h7-8,10-11,14H,1-6,9,12H2,(H,21,26). The molecule has 10 heteroatoms. The highest BCUT2D eigenvalue weighted by atomic mass is 32.2. The molecule has 0 radical (unpaired) electrons. The van der Waals surface area contributed by atoms with Crippen molar-refractivity contribution in [3.8, 4) is 0 Å². The molecule has 1 unspecified atom stereocenters. The summed E-state index contributed by atoms with van der Waals surface area (Å²) in [5.74, 6) is -0.628. The fraction of sp³-hybridized carbons (Fsp3) is 0.450. The van der Waals surface area contributed by atoms with Crippen molar-refractivity contribution >= 4 is 21.1 Å². The van der Waals surface area contributed by atoms with Gasteiger partial charge >= 0.3 is 5.76 Å². The minimum Gasteiger partial charge on any atom is -0.408 e. The maximum absolute atomic E-state index is 13.3. The van der Waals surface area contributed by atoms with Crippen molar-refractivity contribution in [2.45, 2.75) is 56.0 Å². The number of oxazole rings is 1. The second kappa shape index (κ2) is 7.21. The summed E-state index contributed by atoms with van der Waals surface area (Å²) in [6.07, 6.45) is 5.23. The van der Waals surface area contributed by atoms with Crippen molar-refractivity contribution in [3.05, 3.63) is 56.4 Å². The van der Waals surface area contributed by atoms with Crippen LogP contribution in [0.15, 0.2) is 43.2 Å². The highest BCUT2D eigenvalue weighted by Crippen LogP contribution is 2.28. The number of hydrogen-bond donors (Lipinski definition) is 1. The third-order valence-electron chi connectivity index (χ3n) is 5.98. The first-order valence-electron chi connectivity index (χ1n) is 10.2. The van der Waals surface area contributed by atoms with Gasteiger partial charge in [-0.15, -0.1) is 0 Å². The quantitative estimate of drug-likeness (QED) is 0.669. The molecule has 3 aromatic rings. The molecular formula is C20H22N4O5S. The largest absolute Gasteiger partial charge is 0.417 e. The molecule has 0 saturated carbocycles. The first kappa shape index (κ1) is 19.3. The minimum atomic E-state index is -3.79. The molecule has 2 aliphatic rings. The van der Waals surface area contributed by atoms with E-state index in [1.54, 1.807) is 6.07 Å². The molecule has 2 aromatic heterocycles. The number of aromatic nitrogens is 3. The van der Waals surface area contributed by atoms with E-state index in [2.05, 4.69) is 10.1 Å². The van der Waals surface area contributed by atoms with Crippen molar-refractivity contribution in [1.82, 2.24) is 19.1 Å². The number of nitrogens with zero attached hydrogens (tertiary/aromatic N) is 3. The first-order valence-corrected chi connectivity index (χ1v) is 11.6. The third kappa shape index (κ3) is 3.29. The molecule has 1 N–H and O–H groups in total. The summed E-state index contributed by atoms with van der Waals surface area (Å²) >= 11 is 0. The van der Waals surface area contributed by atoms with Crippen LogP contribution in [-0.2, 0) is 29.4 Å². The van der Waals surface area contributed by atoms with Crippen molar-refractivity contribution in [3.63, 3.8) is 0 Å². The fourth-order valence-corrected chi connectivity index (χ4v) is 6.18. The van der Waals surface area contributed by atoms with Gasteiger partial charge in [-0.1, -0.05) is 0 Å². The van der Waals surface area contributed by atoms with Gasteiger partial charge in [-0.25, -0.2) is 17.9 Å². The Bertz CT molecular complexity index is 1340. The summed E-state index contributed by atoms with van der Waals surface area (Å²) in [4.78, 5) is 26.5. The molecular weight excluding hydrogens is 408 g/mol. The summed E-state index contributed by atoms with van der Waals surface area (Å²) in [5.41, 5.74) is 2.42. The van der Waals surface area contributed by atoms with Crippen LogP contribution >= 0.6 is 0 Å². The Kier molecular flexibility index (Phi) is 4.62. The number of H-pyrrole nitrogens is 1. The van der Waals surface area contributed by atoms with Gasteiger partial charge in [0, 0.05) is 18.7 Å². The van der Waals surface area contributed by atoms with Gasteiger partial charge in [-0.05, 0) is 62.3 Å². The number of fused-ring (bicyclic) bond motifs is 2. The Hall–Kier alpha value is -2.72. The van der Waals surface area contributed by atoms with Crippen LogP contribution < -0.4 is 11.3 Å². The Morgan fingerprint density at radius 2 is 1.97 bits per heavy atom. The van der Waals surface area contributed by atoms with Gasteiger partial charge in [-0.3, -0.25) is 9.78 Å². The number of nitrogens with one attached hydrogen (secondary N) is 1. The topological polar surface area (TPSA) is 118 Å². The highest BCUT2D eigenvalue weighted by Gasteiger charge is 2.36. The molecule has 5 rings (SSSR count). The number of hydrogen-bond acceptors (Lipinski definition) is 6. The van der Waals surface area contributed by atoms with E-state index in [0.717, 1.165) is 36.9 Å². The number of rotatable bonds is 4. The van der Waals surface area contributed by atoms with Crippen LogP contribution in [0, 0.1) is 0 Å². The molecule has 1 aromatic carbocycles. The van der Waals surface area contributed by atoms with Crippen LogP contribution in [0.3, 0.4) is 0 Å². The summed E-state index contributed by atoms with van der Waals surface area (Å²) in [5, 5.41) is 4.54. The zero-order chi connectivity index (χ0) is 20.9. The zero-order valence-electron chi connectivity index (χ0n) is 16.3. The van der Waals surface area contributed by atoms with Crippen molar-refractivity contribution in [2.24, 2.45) is 0 Å². The highest BCUT2D eigenvalue weighted by molar-refractivity contribution is 7.89. The number of sulfonamides is 1. The van der Waals surface area contributed by atoms with Crippen LogP contribution in [0.25, 0.3) is 11.1 Å². The molecule has 3 heterocycles. The van der Waals surface area contributed by atoms with Gasteiger partial charge in [0.15, 0.2) is 5.58 Å². The molecule has 30 heavy (non-hydrogen) atoms. The fourth-order valence-electron chi connectivity index (χ4n) is 4.47. The maximum atomic E-state index is 13.3. The lowest BCUT2D eigenvalue weighted by atomic mass is 9.97. The van der Waals surface area contributed by atoms with Gasteiger partial charge in [-0.2, -0.15) is 9.40 Å². The van der Waals surface area contributed by atoms with Crippen LogP contribution in [0.2, 0.25) is 0 Å². The van der Waals surface area contributed by atoms with Gasteiger partial charge in [0.1, 0.15) is 0 Å². The number of benzene rings is 1. The second-order valence-electron chi connectivity index (χ2n) is 7.93. The summed E-state index contributed by atoms with van der Waals surface area (Å²) in [6.45, 7) is 0.614. The maximum Gasteiger partial charge on any atom is 0.417 e. The third-order valence-corrected chi connectivity index (χ3v) is 7.93. The molecule has 0 bridgehead atoms. The van der Waals surface area contributed by atoms with E-state index >= 15 is 0 Å². The molecule has 158 valence electrons. The van der Waals surface area contributed by atoms with Gasteiger partial charge < -0.3 is 4.42 Å². The van der Waals surface area contributed by atoms with Gasteiger partial charge in [0.25, 0.3) is 5.56 Å². The van der Waals surface area contributed by atoms with Crippen LogP contribution in [0.1, 0.15) is 36.9 Å². The average molecular weight is 430 g/mol. The average Bonchev–Trinajstić information content (AvgIpc) is 3.33. The molecule has 9 nitrogen and oxygen atoms in total. The Morgan fingerprint density at radius 3 is 2.83 bits per heavy atom. The summed E-state index contributed by atoms with van der Waals surface area (Å²) in [6, 6.07) is 5.63. The SMILES string of the molecule is O=c1[nH]c2cc(S(=O)(=O)N3CCCC3Cn3nc4c(cc3=O)CCCC4)ccc2o1. The molecule has 1 aliphatic heterocycles. The smallest absolute Gasteiger partial charge is 0.408 e. The van der Waals surface area contributed by atoms with Crippen LogP contribution in [0.5, 0.6) is 0 Å².